The molecule has 1 aromatic rings. The zero-order valence-electron chi connectivity index (χ0n) is 12.3. The molecule has 2 nitrogen and oxygen atoms in total. The van der Waals surface area contributed by atoms with E-state index in [9.17, 15) is 0 Å². The number of nitrogens with one attached hydrogen (secondary N) is 1. The van der Waals surface area contributed by atoms with Crippen molar-refractivity contribution < 1.29 is 4.74 Å². The van der Waals surface area contributed by atoms with Crippen LogP contribution in [0.5, 0.6) is 5.75 Å². The Kier molecular flexibility index (Phi) is 7.99. The largest absolute Gasteiger partial charge is 0.496 e. The van der Waals surface area contributed by atoms with Gasteiger partial charge in [0.05, 0.1) is 7.11 Å². The Bertz CT molecular complexity index is 362. The Hall–Kier alpha value is -1.28. The molecule has 0 aromatic heterocycles. The zero-order chi connectivity index (χ0) is 13.9. The van der Waals surface area contributed by atoms with Crippen molar-refractivity contribution in [1.29, 1.82) is 0 Å². The van der Waals surface area contributed by atoms with Crippen molar-refractivity contribution in [3.63, 3.8) is 0 Å². The zero-order valence-corrected chi connectivity index (χ0v) is 12.3. The van der Waals surface area contributed by atoms with Gasteiger partial charge in [0.25, 0.3) is 0 Å². The summed E-state index contributed by atoms with van der Waals surface area (Å²) in [7, 11) is 3.78. The van der Waals surface area contributed by atoms with Gasteiger partial charge in [0.15, 0.2) is 0 Å². The molecule has 0 aliphatic carbocycles. The Morgan fingerprint density at radius 1 is 1.26 bits per heavy atom. The van der Waals surface area contributed by atoms with Crippen LogP contribution < -0.4 is 10.1 Å². The van der Waals surface area contributed by atoms with E-state index in [1.54, 1.807) is 7.11 Å². The molecular weight excluding hydrogens is 234 g/mol. The Labute approximate surface area is 117 Å². The van der Waals surface area contributed by atoms with Gasteiger partial charge in [-0.1, -0.05) is 37.1 Å². The first kappa shape index (κ1) is 15.8. The van der Waals surface area contributed by atoms with Crippen LogP contribution in [0.15, 0.2) is 36.9 Å². The summed E-state index contributed by atoms with van der Waals surface area (Å²) in [6.07, 6.45) is 9.20. The van der Waals surface area contributed by atoms with E-state index < -0.39 is 0 Å². The predicted molar refractivity (Wildman–Crippen MR) is 82.8 cm³/mol. The van der Waals surface area contributed by atoms with Gasteiger partial charge in [-0.15, -0.1) is 6.58 Å². The lowest BCUT2D eigenvalue weighted by Crippen LogP contribution is -2.27. The Morgan fingerprint density at radius 3 is 2.74 bits per heavy atom. The van der Waals surface area contributed by atoms with Crippen LogP contribution in [0.1, 0.15) is 37.7 Å². The molecule has 0 aliphatic rings. The fraction of sp³-hybridized carbons (Fsp3) is 0.529. The molecule has 1 rings (SSSR count). The van der Waals surface area contributed by atoms with E-state index in [1.165, 1.54) is 31.2 Å². The predicted octanol–water partition coefficient (Wildman–Crippen LogP) is 3.96. The monoisotopic (exact) mass is 261 g/mol. The Morgan fingerprint density at radius 2 is 2.05 bits per heavy atom. The fourth-order valence-electron chi connectivity index (χ4n) is 2.34. The van der Waals surface area contributed by atoms with Crippen LogP contribution in [0, 0.1) is 0 Å². The minimum absolute atomic E-state index is 0.528. The third-order valence-electron chi connectivity index (χ3n) is 3.53. The lowest BCUT2D eigenvalue weighted by atomic mass is 9.99. The highest BCUT2D eigenvalue weighted by atomic mass is 16.5. The van der Waals surface area contributed by atoms with E-state index in [-0.39, 0.29) is 0 Å². The van der Waals surface area contributed by atoms with Crippen LogP contribution in [0.3, 0.4) is 0 Å². The van der Waals surface area contributed by atoms with Gasteiger partial charge in [-0.3, -0.25) is 0 Å². The first-order valence-corrected chi connectivity index (χ1v) is 7.21. The maximum atomic E-state index is 5.41. The number of allylic oxidation sites excluding steroid dienone is 1. The second kappa shape index (κ2) is 9.62. The highest BCUT2D eigenvalue weighted by molar-refractivity contribution is 5.33. The first-order chi connectivity index (χ1) is 9.31. The quantitative estimate of drug-likeness (QED) is 0.508. The van der Waals surface area contributed by atoms with Gasteiger partial charge in [-0.05, 0) is 44.4 Å². The van der Waals surface area contributed by atoms with Crippen molar-refractivity contribution in [2.24, 2.45) is 0 Å². The average Bonchev–Trinajstić information content (AvgIpc) is 2.46. The number of methoxy groups -OCH3 is 1. The molecule has 1 atom stereocenters. The summed E-state index contributed by atoms with van der Waals surface area (Å²) >= 11 is 0. The van der Waals surface area contributed by atoms with Crippen molar-refractivity contribution in [2.75, 3.05) is 14.2 Å². The van der Waals surface area contributed by atoms with Crippen molar-refractivity contribution in [2.45, 2.75) is 44.6 Å². The Balaban J connectivity index is 2.40. The van der Waals surface area contributed by atoms with Crippen LogP contribution in [-0.4, -0.2) is 20.2 Å². The van der Waals surface area contributed by atoms with Gasteiger partial charge >= 0.3 is 0 Å². The van der Waals surface area contributed by atoms with Crippen LogP contribution in [-0.2, 0) is 6.42 Å². The number of ether oxygens (including phenoxy) is 1. The van der Waals surface area contributed by atoms with Crippen LogP contribution >= 0.6 is 0 Å². The van der Waals surface area contributed by atoms with Gasteiger partial charge in [-0.2, -0.15) is 0 Å². The maximum Gasteiger partial charge on any atom is 0.122 e. The molecule has 0 spiro atoms. The van der Waals surface area contributed by atoms with E-state index in [0.29, 0.717) is 6.04 Å². The molecule has 106 valence electrons. The van der Waals surface area contributed by atoms with E-state index >= 15 is 0 Å². The number of benzene rings is 1. The molecule has 0 bridgehead atoms. The lowest BCUT2D eigenvalue weighted by molar-refractivity contribution is 0.403. The fourth-order valence-corrected chi connectivity index (χ4v) is 2.34. The van der Waals surface area contributed by atoms with Gasteiger partial charge in [0.1, 0.15) is 5.75 Å². The number of hydrogen-bond acceptors (Lipinski definition) is 2. The normalized spacial score (nSPS) is 12.1. The highest BCUT2D eigenvalue weighted by Crippen LogP contribution is 2.20. The molecule has 19 heavy (non-hydrogen) atoms. The molecule has 0 fully saturated rings. The number of rotatable bonds is 10. The summed E-state index contributed by atoms with van der Waals surface area (Å²) in [5, 5.41) is 3.42. The standard InChI is InChI=1S/C17H27NO/c1-4-5-6-7-8-12-16(18-2)14-15-11-9-10-13-17(15)19-3/h4,9-11,13,16,18H,1,5-8,12,14H2,2-3H3. The summed E-state index contributed by atoms with van der Waals surface area (Å²) in [5.41, 5.74) is 1.29. The number of hydrogen-bond donors (Lipinski definition) is 1. The number of para-hydroxylation sites is 1. The molecule has 1 unspecified atom stereocenters. The van der Waals surface area contributed by atoms with Crippen molar-refractivity contribution in [3.05, 3.63) is 42.5 Å². The number of likely N-dealkylation sites (N-methyl/N-ethyl adjacent to an activating group) is 1. The smallest absolute Gasteiger partial charge is 0.122 e. The molecule has 0 amide bonds. The number of unbranched alkanes of at least 4 members (excludes halogenated alkanes) is 3. The van der Waals surface area contributed by atoms with Gasteiger partial charge in [-0.25, -0.2) is 0 Å². The molecule has 0 heterocycles. The van der Waals surface area contributed by atoms with Crippen molar-refractivity contribution in [1.82, 2.24) is 5.32 Å². The summed E-state index contributed by atoms with van der Waals surface area (Å²) in [6, 6.07) is 8.81. The minimum Gasteiger partial charge on any atom is -0.496 e. The second-order valence-corrected chi connectivity index (χ2v) is 4.93. The summed E-state index contributed by atoms with van der Waals surface area (Å²) in [6.45, 7) is 3.76. The minimum atomic E-state index is 0.528. The van der Waals surface area contributed by atoms with Crippen LogP contribution in [0.2, 0.25) is 0 Å². The van der Waals surface area contributed by atoms with Gasteiger partial charge in [0.2, 0.25) is 0 Å². The second-order valence-electron chi connectivity index (χ2n) is 4.93. The molecule has 0 radical (unpaired) electrons. The topological polar surface area (TPSA) is 21.3 Å². The van der Waals surface area contributed by atoms with Crippen LogP contribution in [0.4, 0.5) is 0 Å². The average molecular weight is 261 g/mol. The van der Waals surface area contributed by atoms with Gasteiger partial charge < -0.3 is 10.1 Å². The first-order valence-electron chi connectivity index (χ1n) is 7.21. The van der Waals surface area contributed by atoms with E-state index in [2.05, 4.69) is 24.0 Å². The summed E-state index contributed by atoms with van der Waals surface area (Å²) in [4.78, 5) is 0. The molecular formula is C17H27NO. The van der Waals surface area contributed by atoms with Crippen molar-refractivity contribution in [3.8, 4) is 5.75 Å². The highest BCUT2D eigenvalue weighted by Gasteiger charge is 2.10. The third-order valence-corrected chi connectivity index (χ3v) is 3.53. The molecule has 0 aliphatic heterocycles. The van der Waals surface area contributed by atoms with Crippen molar-refractivity contribution >= 4 is 0 Å². The summed E-state index contributed by atoms with van der Waals surface area (Å²) in [5.74, 6) is 0.995. The molecule has 0 saturated heterocycles. The molecule has 2 heteroatoms. The van der Waals surface area contributed by atoms with E-state index in [1.807, 2.05) is 25.3 Å². The third kappa shape index (κ3) is 5.93. The molecule has 0 saturated carbocycles. The molecule has 1 aromatic carbocycles. The van der Waals surface area contributed by atoms with Crippen LogP contribution in [0.25, 0.3) is 0 Å². The maximum absolute atomic E-state index is 5.41. The van der Waals surface area contributed by atoms with E-state index in [0.717, 1.165) is 18.6 Å². The lowest BCUT2D eigenvalue weighted by Gasteiger charge is -2.17. The molecule has 1 N–H and O–H groups in total. The SMILES string of the molecule is C=CCCCCCC(Cc1ccccc1OC)NC. The summed E-state index contributed by atoms with van der Waals surface area (Å²) < 4.78 is 5.41. The van der Waals surface area contributed by atoms with E-state index in [4.69, 9.17) is 4.74 Å². The van der Waals surface area contributed by atoms with Gasteiger partial charge in [0, 0.05) is 6.04 Å².